The molecule has 0 unspecified atom stereocenters. The molecule has 47 heavy (non-hydrogen) atoms. The summed E-state index contributed by atoms with van der Waals surface area (Å²) in [5, 5.41) is 4.98. The molecule has 0 saturated heterocycles. The molecule has 0 atom stereocenters. The quantitative estimate of drug-likeness (QED) is 0.197. The van der Waals surface area contributed by atoms with Gasteiger partial charge < -0.3 is 4.57 Å². The summed E-state index contributed by atoms with van der Waals surface area (Å²) in [6, 6.07) is 62.1. The molecule has 0 N–H and O–H groups in total. The van der Waals surface area contributed by atoms with E-state index in [4.69, 9.17) is 9.97 Å². The van der Waals surface area contributed by atoms with E-state index in [1.165, 1.54) is 43.7 Å². The van der Waals surface area contributed by atoms with Crippen molar-refractivity contribution < 1.29 is 0 Å². The van der Waals surface area contributed by atoms with Crippen molar-refractivity contribution >= 4 is 32.6 Å². The van der Waals surface area contributed by atoms with Crippen molar-refractivity contribution in [1.29, 1.82) is 0 Å². The predicted octanol–water partition coefficient (Wildman–Crippen LogP) is 11.4. The summed E-state index contributed by atoms with van der Waals surface area (Å²) in [5.41, 5.74) is 10.7. The van der Waals surface area contributed by atoms with Crippen molar-refractivity contribution in [3.8, 4) is 50.7 Å². The molecule has 0 spiro atoms. The molecule has 0 radical (unpaired) electrons. The van der Waals surface area contributed by atoms with E-state index in [9.17, 15) is 0 Å². The maximum Gasteiger partial charge on any atom is 0.160 e. The Labute approximate surface area is 273 Å². The van der Waals surface area contributed by atoms with Crippen LogP contribution in [0.25, 0.3) is 83.3 Å². The second kappa shape index (κ2) is 11.2. The first-order chi connectivity index (χ1) is 23.3. The van der Waals surface area contributed by atoms with Crippen molar-refractivity contribution in [2.24, 2.45) is 0 Å². The highest BCUT2D eigenvalue weighted by atomic mass is 15.0. The lowest BCUT2D eigenvalue weighted by molar-refractivity contribution is 1.16. The second-order valence-electron chi connectivity index (χ2n) is 11.9. The molecule has 0 saturated carbocycles. The topological polar surface area (TPSA) is 30.7 Å². The van der Waals surface area contributed by atoms with E-state index < -0.39 is 0 Å². The summed E-state index contributed by atoms with van der Waals surface area (Å²) in [5.74, 6) is 0.707. The Hall–Kier alpha value is -6.32. The largest absolute Gasteiger partial charge is 0.309 e. The summed E-state index contributed by atoms with van der Waals surface area (Å²) in [4.78, 5) is 10.2. The fraction of sp³-hybridized carbons (Fsp3) is 0. The molecule has 0 aliphatic heterocycles. The molecule has 9 rings (SSSR count). The first kappa shape index (κ1) is 27.0. The van der Waals surface area contributed by atoms with Gasteiger partial charge in [-0.3, -0.25) is 0 Å². The fourth-order valence-corrected chi connectivity index (χ4v) is 6.67. The van der Waals surface area contributed by atoms with Gasteiger partial charge in [-0.25, -0.2) is 9.97 Å². The van der Waals surface area contributed by atoms with Gasteiger partial charge in [-0.2, -0.15) is 0 Å². The van der Waals surface area contributed by atoms with E-state index in [1.807, 2.05) is 18.2 Å². The Bertz CT molecular complexity index is 2510. The van der Waals surface area contributed by atoms with Crippen molar-refractivity contribution in [2.75, 3.05) is 0 Å². The van der Waals surface area contributed by atoms with Gasteiger partial charge in [0.25, 0.3) is 0 Å². The highest BCUT2D eigenvalue weighted by Crippen LogP contribution is 2.34. The van der Waals surface area contributed by atoms with Gasteiger partial charge in [-0.05, 0) is 58.3 Å². The molecule has 0 bridgehead atoms. The highest BCUT2D eigenvalue weighted by Gasteiger charge is 2.15. The lowest BCUT2D eigenvalue weighted by atomic mass is 9.99. The highest BCUT2D eigenvalue weighted by molar-refractivity contribution is 6.09. The van der Waals surface area contributed by atoms with Gasteiger partial charge in [0, 0.05) is 33.2 Å². The molecule has 2 heterocycles. The summed E-state index contributed by atoms with van der Waals surface area (Å²) in [6.07, 6.45) is 0. The monoisotopic (exact) mass is 599 g/mol. The van der Waals surface area contributed by atoms with Crippen LogP contribution in [0.1, 0.15) is 0 Å². The third-order valence-electron chi connectivity index (χ3n) is 9.00. The molecule has 220 valence electrons. The van der Waals surface area contributed by atoms with Crippen LogP contribution in [0.5, 0.6) is 0 Å². The van der Waals surface area contributed by atoms with E-state index in [-0.39, 0.29) is 0 Å². The molecule has 9 aromatic rings. The van der Waals surface area contributed by atoms with Gasteiger partial charge in [0.15, 0.2) is 5.82 Å². The fourth-order valence-electron chi connectivity index (χ4n) is 6.67. The van der Waals surface area contributed by atoms with Crippen LogP contribution in [-0.4, -0.2) is 14.5 Å². The normalized spacial score (nSPS) is 11.4. The van der Waals surface area contributed by atoms with Crippen LogP contribution in [0.4, 0.5) is 0 Å². The van der Waals surface area contributed by atoms with E-state index in [2.05, 4.69) is 162 Å². The van der Waals surface area contributed by atoms with Gasteiger partial charge in [0.05, 0.1) is 22.4 Å². The zero-order valence-corrected chi connectivity index (χ0v) is 25.6. The Kier molecular flexibility index (Phi) is 6.46. The van der Waals surface area contributed by atoms with Crippen LogP contribution >= 0.6 is 0 Å². The first-order valence-electron chi connectivity index (χ1n) is 15.9. The molecule has 3 heteroatoms. The SMILES string of the molecule is c1ccc(-c2nc(-c3ccc(-c4ccc5ccccc5c4)cc3)cc(-c3cccc(-n4c5ccccc5c5ccccc54)c3)n2)cc1. The van der Waals surface area contributed by atoms with E-state index >= 15 is 0 Å². The first-order valence-corrected chi connectivity index (χ1v) is 15.9. The predicted molar refractivity (Wildman–Crippen MR) is 196 cm³/mol. The Balaban J connectivity index is 1.16. The van der Waals surface area contributed by atoms with Gasteiger partial charge in [-0.15, -0.1) is 0 Å². The van der Waals surface area contributed by atoms with E-state index in [0.717, 1.165) is 33.8 Å². The molecular formula is C44H29N3. The van der Waals surface area contributed by atoms with Crippen LogP contribution < -0.4 is 0 Å². The Morgan fingerprint density at radius 1 is 0.340 bits per heavy atom. The van der Waals surface area contributed by atoms with E-state index in [1.54, 1.807) is 0 Å². The van der Waals surface area contributed by atoms with Gasteiger partial charge in [0.2, 0.25) is 0 Å². The molecule has 0 aliphatic carbocycles. The maximum atomic E-state index is 5.12. The molecule has 7 aromatic carbocycles. The number of rotatable bonds is 5. The minimum Gasteiger partial charge on any atom is -0.309 e. The number of benzene rings is 7. The molecule has 2 aromatic heterocycles. The Morgan fingerprint density at radius 3 is 1.66 bits per heavy atom. The maximum absolute atomic E-state index is 5.12. The minimum atomic E-state index is 0.707. The summed E-state index contributed by atoms with van der Waals surface area (Å²) < 4.78 is 2.35. The van der Waals surface area contributed by atoms with Crippen LogP contribution in [-0.2, 0) is 0 Å². The van der Waals surface area contributed by atoms with Gasteiger partial charge >= 0.3 is 0 Å². The summed E-state index contributed by atoms with van der Waals surface area (Å²) in [7, 11) is 0. The average Bonchev–Trinajstić information content (AvgIpc) is 3.49. The molecule has 0 amide bonds. The molecule has 0 aliphatic rings. The van der Waals surface area contributed by atoms with Crippen molar-refractivity contribution in [3.63, 3.8) is 0 Å². The van der Waals surface area contributed by atoms with Crippen molar-refractivity contribution in [1.82, 2.24) is 14.5 Å². The number of fused-ring (bicyclic) bond motifs is 4. The zero-order valence-electron chi connectivity index (χ0n) is 25.6. The zero-order chi connectivity index (χ0) is 31.2. The lowest BCUT2D eigenvalue weighted by Crippen LogP contribution is -1.97. The standard InChI is InChI=1S/C44H29N3/c1-2-12-33(13-3-1)44-45-40(32-24-21-31(22-25-32)35-26-23-30-11-4-5-14-34(30)27-35)29-41(46-44)36-15-10-16-37(28-36)47-42-19-8-6-17-38(42)39-18-7-9-20-43(39)47/h1-29H. The molecule has 3 nitrogen and oxygen atoms in total. The van der Waals surface area contributed by atoms with Crippen molar-refractivity contribution in [2.45, 2.75) is 0 Å². The third-order valence-corrected chi connectivity index (χ3v) is 9.00. The van der Waals surface area contributed by atoms with E-state index in [0.29, 0.717) is 5.82 Å². The summed E-state index contributed by atoms with van der Waals surface area (Å²) in [6.45, 7) is 0. The third kappa shape index (κ3) is 4.86. The minimum absolute atomic E-state index is 0.707. The summed E-state index contributed by atoms with van der Waals surface area (Å²) >= 11 is 0. The molecule has 0 fully saturated rings. The second-order valence-corrected chi connectivity index (χ2v) is 11.9. The number of hydrogen-bond donors (Lipinski definition) is 0. The van der Waals surface area contributed by atoms with Gasteiger partial charge in [-0.1, -0.05) is 140 Å². The number of nitrogens with zero attached hydrogens (tertiary/aromatic N) is 3. The number of aromatic nitrogens is 3. The van der Waals surface area contributed by atoms with Crippen LogP contribution in [0.3, 0.4) is 0 Å². The lowest BCUT2D eigenvalue weighted by Gasteiger charge is -2.12. The molecular weight excluding hydrogens is 571 g/mol. The van der Waals surface area contributed by atoms with Crippen LogP contribution in [0, 0.1) is 0 Å². The number of hydrogen-bond acceptors (Lipinski definition) is 2. The van der Waals surface area contributed by atoms with Gasteiger partial charge in [0.1, 0.15) is 0 Å². The van der Waals surface area contributed by atoms with Crippen molar-refractivity contribution in [3.05, 3.63) is 176 Å². The Morgan fingerprint density at radius 2 is 0.915 bits per heavy atom. The smallest absolute Gasteiger partial charge is 0.160 e. The van der Waals surface area contributed by atoms with Crippen LogP contribution in [0.2, 0.25) is 0 Å². The van der Waals surface area contributed by atoms with Crippen LogP contribution in [0.15, 0.2) is 176 Å². The number of para-hydroxylation sites is 2. The average molecular weight is 600 g/mol.